The van der Waals surface area contributed by atoms with Crippen molar-refractivity contribution in [1.29, 1.82) is 0 Å². The molecule has 0 aliphatic heterocycles. The zero-order valence-corrected chi connectivity index (χ0v) is 10.8. The number of hydrogen-bond acceptors (Lipinski definition) is 1. The van der Waals surface area contributed by atoms with Gasteiger partial charge in [0, 0.05) is 5.92 Å². The molecule has 3 aliphatic carbocycles. The van der Waals surface area contributed by atoms with Crippen molar-refractivity contribution in [3.05, 3.63) is 12.2 Å². The summed E-state index contributed by atoms with van der Waals surface area (Å²) in [5.41, 5.74) is 1.24. The summed E-state index contributed by atoms with van der Waals surface area (Å²) in [5.74, 6) is 0.932. The molecule has 3 fully saturated rings. The average molecular weight is 220 g/mol. The lowest BCUT2D eigenvalue weighted by Crippen LogP contribution is -2.45. The summed E-state index contributed by atoms with van der Waals surface area (Å²) in [7, 11) is 0. The Labute approximate surface area is 98.9 Å². The van der Waals surface area contributed by atoms with Crippen LogP contribution < -0.4 is 0 Å². The summed E-state index contributed by atoms with van der Waals surface area (Å²) in [6.45, 7) is 11.3. The predicted octanol–water partition coefficient (Wildman–Crippen LogP) is 3.53. The second kappa shape index (κ2) is 2.75. The Kier molecular flexibility index (Phi) is 1.86. The van der Waals surface area contributed by atoms with Gasteiger partial charge in [0.25, 0.3) is 0 Å². The Bertz CT molecular complexity index is 356. The second-order valence-electron chi connectivity index (χ2n) is 7.44. The number of fused-ring (bicyclic) bond motifs is 3. The summed E-state index contributed by atoms with van der Waals surface area (Å²) in [6.07, 6.45) is 5.98. The molecule has 0 radical (unpaired) electrons. The highest BCUT2D eigenvalue weighted by Crippen LogP contribution is 2.71. The van der Waals surface area contributed by atoms with Crippen molar-refractivity contribution in [2.75, 3.05) is 0 Å². The molecule has 3 aliphatic rings. The van der Waals surface area contributed by atoms with Crippen LogP contribution in [0.2, 0.25) is 0 Å². The van der Waals surface area contributed by atoms with E-state index < -0.39 is 5.60 Å². The number of hydrogen-bond donors (Lipinski definition) is 1. The van der Waals surface area contributed by atoms with Gasteiger partial charge in [-0.05, 0) is 54.4 Å². The van der Waals surface area contributed by atoms with E-state index in [0.717, 1.165) is 18.4 Å². The van der Waals surface area contributed by atoms with Crippen LogP contribution >= 0.6 is 0 Å². The van der Waals surface area contributed by atoms with Crippen molar-refractivity contribution in [1.82, 2.24) is 0 Å². The Morgan fingerprint density at radius 1 is 1.25 bits per heavy atom. The summed E-state index contributed by atoms with van der Waals surface area (Å²) in [6, 6.07) is 0. The molecule has 1 heteroatoms. The van der Waals surface area contributed by atoms with E-state index in [1.165, 1.54) is 19.3 Å². The van der Waals surface area contributed by atoms with E-state index in [9.17, 15) is 5.11 Å². The molecule has 1 N–H and O–H groups in total. The van der Waals surface area contributed by atoms with Crippen LogP contribution in [-0.4, -0.2) is 10.7 Å². The van der Waals surface area contributed by atoms with Crippen molar-refractivity contribution in [3.63, 3.8) is 0 Å². The van der Waals surface area contributed by atoms with E-state index in [0.29, 0.717) is 17.3 Å². The van der Waals surface area contributed by atoms with Crippen molar-refractivity contribution >= 4 is 0 Å². The third kappa shape index (κ3) is 1.01. The van der Waals surface area contributed by atoms with E-state index in [-0.39, 0.29) is 5.41 Å². The predicted molar refractivity (Wildman–Crippen MR) is 66.0 cm³/mol. The van der Waals surface area contributed by atoms with Crippen LogP contribution in [0.25, 0.3) is 0 Å². The third-order valence-electron chi connectivity index (χ3n) is 5.96. The molecule has 4 atom stereocenters. The molecule has 16 heavy (non-hydrogen) atoms. The normalized spacial score (nSPS) is 54.1. The van der Waals surface area contributed by atoms with Gasteiger partial charge in [-0.15, -0.1) is 0 Å². The van der Waals surface area contributed by atoms with Gasteiger partial charge in [0.2, 0.25) is 0 Å². The fourth-order valence-corrected chi connectivity index (χ4v) is 5.50. The fourth-order valence-electron chi connectivity index (χ4n) is 5.50. The lowest BCUT2D eigenvalue weighted by molar-refractivity contribution is -0.0388. The zero-order valence-electron chi connectivity index (χ0n) is 10.8. The SMILES string of the molecule is C=C1CC[C@H]2C[C@]3(C)CCC(C)(C)[C@@H]3[C@@]12O. The molecule has 1 nitrogen and oxygen atoms in total. The first-order chi connectivity index (χ1) is 7.31. The molecule has 0 aromatic carbocycles. The van der Waals surface area contributed by atoms with Gasteiger partial charge in [0.1, 0.15) is 0 Å². The summed E-state index contributed by atoms with van der Waals surface area (Å²) < 4.78 is 0. The molecule has 90 valence electrons. The maximum atomic E-state index is 11.2. The molecule has 0 spiro atoms. The maximum Gasteiger partial charge on any atom is 0.0920 e. The first kappa shape index (κ1) is 10.8. The van der Waals surface area contributed by atoms with Gasteiger partial charge in [-0.2, -0.15) is 0 Å². The van der Waals surface area contributed by atoms with Crippen LogP contribution in [0.5, 0.6) is 0 Å². The topological polar surface area (TPSA) is 20.2 Å². The quantitative estimate of drug-likeness (QED) is 0.619. The number of aliphatic hydroxyl groups is 1. The van der Waals surface area contributed by atoms with Gasteiger partial charge in [0.05, 0.1) is 5.60 Å². The van der Waals surface area contributed by atoms with Gasteiger partial charge >= 0.3 is 0 Å². The fraction of sp³-hybridized carbons (Fsp3) is 0.867. The van der Waals surface area contributed by atoms with Crippen molar-refractivity contribution in [2.45, 2.75) is 58.5 Å². The molecule has 0 unspecified atom stereocenters. The van der Waals surface area contributed by atoms with Gasteiger partial charge in [-0.3, -0.25) is 0 Å². The van der Waals surface area contributed by atoms with Crippen molar-refractivity contribution in [3.8, 4) is 0 Å². The Hall–Kier alpha value is -0.300. The van der Waals surface area contributed by atoms with Crippen LogP contribution in [0.4, 0.5) is 0 Å². The smallest absolute Gasteiger partial charge is 0.0920 e. The zero-order chi connectivity index (χ0) is 11.8. The minimum absolute atomic E-state index is 0.283. The van der Waals surface area contributed by atoms with Gasteiger partial charge in [0.15, 0.2) is 0 Å². The van der Waals surface area contributed by atoms with Crippen LogP contribution in [-0.2, 0) is 0 Å². The maximum absolute atomic E-state index is 11.2. The highest BCUT2D eigenvalue weighted by molar-refractivity contribution is 5.31. The average Bonchev–Trinajstić information content (AvgIpc) is 2.65. The second-order valence-corrected chi connectivity index (χ2v) is 7.44. The summed E-state index contributed by atoms with van der Waals surface area (Å²) >= 11 is 0. The minimum Gasteiger partial charge on any atom is -0.385 e. The standard InChI is InChI=1S/C15H24O/c1-10-5-6-11-9-14(4)8-7-13(2,3)12(14)15(10,11)16/h11-12,16H,1,5-9H2,2-4H3/t11-,12-,14-,15+/m0/s1. The first-order valence-electron chi connectivity index (χ1n) is 6.71. The third-order valence-corrected chi connectivity index (χ3v) is 5.96. The molecule has 3 rings (SSSR count). The molecule has 0 bridgehead atoms. The van der Waals surface area contributed by atoms with Crippen LogP contribution in [0.3, 0.4) is 0 Å². The lowest BCUT2D eigenvalue weighted by atomic mass is 9.66. The van der Waals surface area contributed by atoms with Crippen LogP contribution in [0, 0.1) is 22.7 Å². The van der Waals surface area contributed by atoms with E-state index >= 15 is 0 Å². The summed E-state index contributed by atoms with van der Waals surface area (Å²) in [4.78, 5) is 0. The van der Waals surface area contributed by atoms with Crippen molar-refractivity contribution in [2.24, 2.45) is 22.7 Å². The molecule has 0 heterocycles. The Balaban J connectivity index is 2.12. The first-order valence-corrected chi connectivity index (χ1v) is 6.71. The van der Waals surface area contributed by atoms with E-state index in [1.54, 1.807) is 0 Å². The molecule has 0 saturated heterocycles. The minimum atomic E-state index is -0.533. The summed E-state index contributed by atoms with van der Waals surface area (Å²) in [5, 5.41) is 11.2. The largest absolute Gasteiger partial charge is 0.385 e. The number of rotatable bonds is 0. The van der Waals surface area contributed by atoms with Gasteiger partial charge in [-0.1, -0.05) is 27.4 Å². The van der Waals surface area contributed by atoms with E-state index in [4.69, 9.17) is 0 Å². The molecular formula is C15H24O. The van der Waals surface area contributed by atoms with E-state index in [1.807, 2.05) is 0 Å². The Morgan fingerprint density at radius 2 is 1.94 bits per heavy atom. The lowest BCUT2D eigenvalue weighted by Gasteiger charge is -2.42. The molecule has 0 aromatic rings. The van der Waals surface area contributed by atoms with Crippen LogP contribution in [0.15, 0.2) is 12.2 Å². The Morgan fingerprint density at radius 3 is 2.62 bits per heavy atom. The van der Waals surface area contributed by atoms with Gasteiger partial charge < -0.3 is 5.11 Å². The molecule has 0 aromatic heterocycles. The van der Waals surface area contributed by atoms with E-state index in [2.05, 4.69) is 27.4 Å². The van der Waals surface area contributed by atoms with Crippen LogP contribution in [0.1, 0.15) is 52.9 Å². The van der Waals surface area contributed by atoms with Gasteiger partial charge in [-0.25, -0.2) is 0 Å². The highest BCUT2D eigenvalue weighted by atomic mass is 16.3. The molecule has 0 amide bonds. The van der Waals surface area contributed by atoms with Crippen molar-refractivity contribution < 1.29 is 5.11 Å². The monoisotopic (exact) mass is 220 g/mol. The molecular weight excluding hydrogens is 196 g/mol. The molecule has 3 saturated carbocycles. The highest BCUT2D eigenvalue weighted by Gasteiger charge is 2.68.